The number of nitrogens with zero attached hydrogens (tertiary/aromatic N) is 1. The molecule has 0 radical (unpaired) electrons. The first kappa shape index (κ1) is 14.4. The molecule has 0 amide bonds. The fraction of sp³-hybridized carbons (Fsp3) is 1.00. The summed E-state index contributed by atoms with van der Waals surface area (Å²) in [6.07, 6.45) is 3.01. The zero-order valence-electron chi connectivity index (χ0n) is 10.9. The van der Waals surface area contributed by atoms with Gasteiger partial charge in [0.25, 0.3) is 0 Å². The lowest BCUT2D eigenvalue weighted by atomic mass is 9.94. The van der Waals surface area contributed by atoms with Crippen LogP contribution in [0.25, 0.3) is 0 Å². The number of hydrogen-bond acceptors (Lipinski definition) is 3. The molecule has 0 spiro atoms. The van der Waals surface area contributed by atoms with Crippen LogP contribution in [-0.4, -0.2) is 38.4 Å². The van der Waals surface area contributed by atoms with Crippen LogP contribution in [0.5, 0.6) is 0 Å². The molecule has 16 heavy (non-hydrogen) atoms. The lowest BCUT2D eigenvalue weighted by molar-refractivity contribution is -0.0406. The Hall–Kier alpha value is 0.310. The van der Waals surface area contributed by atoms with Crippen molar-refractivity contribution in [2.45, 2.75) is 76.9 Å². The SMILES string of the molecule is CC(C)N(PC1(O)CCCCC1O)C(C)C. The van der Waals surface area contributed by atoms with Crippen molar-refractivity contribution in [3.63, 3.8) is 0 Å². The van der Waals surface area contributed by atoms with Gasteiger partial charge in [-0.05, 0) is 55.7 Å². The third-order valence-electron chi connectivity index (χ3n) is 3.27. The van der Waals surface area contributed by atoms with Gasteiger partial charge in [-0.25, -0.2) is 0 Å². The highest BCUT2D eigenvalue weighted by molar-refractivity contribution is 7.37. The van der Waals surface area contributed by atoms with Crippen molar-refractivity contribution >= 4 is 8.73 Å². The van der Waals surface area contributed by atoms with Crippen LogP contribution in [0, 0.1) is 0 Å². The summed E-state index contributed by atoms with van der Waals surface area (Å²) in [5.74, 6) is 0. The van der Waals surface area contributed by atoms with E-state index in [1.54, 1.807) is 0 Å². The van der Waals surface area contributed by atoms with Crippen molar-refractivity contribution in [2.24, 2.45) is 0 Å². The molecule has 1 saturated carbocycles. The molecule has 3 unspecified atom stereocenters. The van der Waals surface area contributed by atoms with E-state index in [9.17, 15) is 10.2 Å². The summed E-state index contributed by atoms with van der Waals surface area (Å²) in [6.45, 7) is 8.58. The van der Waals surface area contributed by atoms with Crippen molar-refractivity contribution in [3.05, 3.63) is 0 Å². The Morgan fingerprint density at radius 2 is 1.75 bits per heavy atom. The van der Waals surface area contributed by atoms with Crippen molar-refractivity contribution < 1.29 is 10.2 Å². The number of aliphatic hydroxyl groups excluding tert-OH is 1. The Kier molecular flexibility index (Phi) is 5.18. The van der Waals surface area contributed by atoms with Crippen molar-refractivity contribution in [3.8, 4) is 0 Å². The van der Waals surface area contributed by atoms with Gasteiger partial charge in [-0.2, -0.15) is 0 Å². The Morgan fingerprint density at radius 3 is 2.19 bits per heavy atom. The van der Waals surface area contributed by atoms with E-state index in [0.29, 0.717) is 20.8 Å². The van der Waals surface area contributed by atoms with E-state index in [1.807, 2.05) is 0 Å². The summed E-state index contributed by atoms with van der Waals surface area (Å²) in [5, 5.41) is 19.6. The third kappa shape index (κ3) is 3.40. The second-order valence-corrected chi connectivity index (χ2v) is 7.00. The van der Waals surface area contributed by atoms with Gasteiger partial charge < -0.3 is 10.2 Å². The van der Waals surface area contributed by atoms with E-state index in [0.717, 1.165) is 25.7 Å². The van der Waals surface area contributed by atoms with Gasteiger partial charge in [0.2, 0.25) is 0 Å². The number of hydrogen-bond donors (Lipinski definition) is 2. The molecular weight excluding hydrogens is 221 g/mol. The van der Waals surface area contributed by atoms with Crippen molar-refractivity contribution in [2.75, 3.05) is 0 Å². The van der Waals surface area contributed by atoms with Crippen LogP contribution in [0.2, 0.25) is 0 Å². The maximum Gasteiger partial charge on any atom is 0.120 e. The molecule has 0 aromatic rings. The average molecular weight is 247 g/mol. The second kappa shape index (κ2) is 5.77. The summed E-state index contributed by atoms with van der Waals surface area (Å²) in [6, 6.07) is 0.827. The number of rotatable bonds is 4. The molecule has 1 aliphatic carbocycles. The highest BCUT2D eigenvalue weighted by atomic mass is 31.1. The van der Waals surface area contributed by atoms with Gasteiger partial charge in [0.1, 0.15) is 5.34 Å². The summed E-state index contributed by atoms with van der Waals surface area (Å²) in [5.41, 5.74) is 0. The summed E-state index contributed by atoms with van der Waals surface area (Å²) in [7, 11) is 0.305. The first-order valence-corrected chi connectivity index (χ1v) is 7.28. The number of aliphatic hydroxyl groups is 2. The molecule has 2 N–H and O–H groups in total. The average Bonchev–Trinajstić information content (AvgIpc) is 2.19. The molecule has 1 fully saturated rings. The zero-order chi connectivity index (χ0) is 12.3. The Balaban J connectivity index is 2.68. The standard InChI is InChI=1S/C12H26NO2P/c1-9(2)13(10(3)4)16-12(15)8-6-5-7-11(12)14/h9-11,14-16H,5-8H2,1-4H3. The largest absolute Gasteiger partial charge is 0.390 e. The van der Waals surface area contributed by atoms with E-state index >= 15 is 0 Å². The molecule has 0 bridgehead atoms. The molecule has 1 rings (SSSR count). The zero-order valence-corrected chi connectivity index (χ0v) is 11.9. The van der Waals surface area contributed by atoms with E-state index < -0.39 is 11.4 Å². The summed E-state index contributed by atoms with van der Waals surface area (Å²) >= 11 is 0. The summed E-state index contributed by atoms with van der Waals surface area (Å²) in [4.78, 5) is 0. The molecule has 1 aliphatic rings. The van der Waals surface area contributed by atoms with Crippen LogP contribution in [0.4, 0.5) is 0 Å². The molecule has 0 aliphatic heterocycles. The molecule has 3 atom stereocenters. The van der Waals surface area contributed by atoms with E-state index in [2.05, 4.69) is 32.4 Å². The van der Waals surface area contributed by atoms with Crippen molar-refractivity contribution in [1.82, 2.24) is 4.67 Å². The van der Waals surface area contributed by atoms with Gasteiger partial charge in [-0.15, -0.1) is 0 Å². The van der Waals surface area contributed by atoms with Crippen LogP contribution in [0.3, 0.4) is 0 Å². The second-order valence-electron chi connectivity index (χ2n) is 5.39. The minimum absolute atomic E-state index is 0.305. The van der Waals surface area contributed by atoms with Crippen LogP contribution >= 0.6 is 8.73 Å². The van der Waals surface area contributed by atoms with Crippen LogP contribution in [-0.2, 0) is 0 Å². The predicted octanol–water partition coefficient (Wildman–Crippen LogP) is 2.32. The van der Waals surface area contributed by atoms with Crippen LogP contribution in [0.15, 0.2) is 0 Å². The predicted molar refractivity (Wildman–Crippen MR) is 69.9 cm³/mol. The Morgan fingerprint density at radius 1 is 1.19 bits per heavy atom. The van der Waals surface area contributed by atoms with Gasteiger partial charge in [-0.1, -0.05) is 6.42 Å². The van der Waals surface area contributed by atoms with Gasteiger partial charge in [0.05, 0.1) is 6.10 Å². The fourth-order valence-electron chi connectivity index (χ4n) is 2.35. The summed E-state index contributed by atoms with van der Waals surface area (Å²) < 4.78 is 2.29. The Bertz CT molecular complexity index is 215. The van der Waals surface area contributed by atoms with Gasteiger partial charge in [-0.3, -0.25) is 4.67 Å². The van der Waals surface area contributed by atoms with Gasteiger partial charge >= 0.3 is 0 Å². The maximum absolute atomic E-state index is 10.5. The normalized spacial score (nSPS) is 32.4. The molecule has 3 nitrogen and oxygen atoms in total. The minimum atomic E-state index is -0.868. The Labute approximate surface area is 101 Å². The van der Waals surface area contributed by atoms with Gasteiger partial charge in [0.15, 0.2) is 0 Å². The first-order valence-electron chi connectivity index (χ1n) is 6.33. The lowest BCUT2D eigenvalue weighted by Crippen LogP contribution is -2.45. The lowest BCUT2D eigenvalue weighted by Gasteiger charge is -2.43. The minimum Gasteiger partial charge on any atom is -0.390 e. The molecule has 0 aromatic heterocycles. The van der Waals surface area contributed by atoms with Crippen LogP contribution in [0.1, 0.15) is 53.4 Å². The monoisotopic (exact) mass is 247 g/mol. The van der Waals surface area contributed by atoms with Crippen molar-refractivity contribution in [1.29, 1.82) is 0 Å². The quantitative estimate of drug-likeness (QED) is 0.749. The maximum atomic E-state index is 10.5. The van der Waals surface area contributed by atoms with E-state index in [-0.39, 0.29) is 0 Å². The molecule has 0 heterocycles. The van der Waals surface area contributed by atoms with E-state index in [1.165, 1.54) is 0 Å². The highest BCUT2D eigenvalue weighted by Crippen LogP contribution is 2.45. The molecule has 0 aromatic carbocycles. The molecule has 96 valence electrons. The topological polar surface area (TPSA) is 43.7 Å². The molecule has 0 saturated heterocycles. The molecule has 4 heteroatoms. The van der Waals surface area contributed by atoms with E-state index in [4.69, 9.17) is 0 Å². The van der Waals surface area contributed by atoms with Crippen LogP contribution < -0.4 is 0 Å². The molecular formula is C12H26NO2P. The fourth-order valence-corrected chi connectivity index (χ4v) is 3.89. The highest BCUT2D eigenvalue weighted by Gasteiger charge is 2.40. The third-order valence-corrected chi connectivity index (χ3v) is 5.53. The smallest absolute Gasteiger partial charge is 0.120 e. The first-order chi connectivity index (χ1) is 7.37. The van der Waals surface area contributed by atoms with Gasteiger partial charge in [0, 0.05) is 12.1 Å².